The van der Waals surface area contributed by atoms with E-state index in [1.807, 2.05) is 13.0 Å². The quantitative estimate of drug-likeness (QED) is 0.337. The molecule has 0 aromatic heterocycles. The predicted molar refractivity (Wildman–Crippen MR) is 107 cm³/mol. The van der Waals surface area contributed by atoms with E-state index in [2.05, 4.69) is 31.8 Å². The number of benzene rings is 1. The van der Waals surface area contributed by atoms with E-state index in [1.165, 1.54) is 6.92 Å². The molecule has 0 aliphatic heterocycles. The molecule has 1 atom stereocenters. The predicted octanol–water partition coefficient (Wildman–Crippen LogP) is 4.61. The maximum Gasteiger partial charge on any atom is 0.303 e. The van der Waals surface area contributed by atoms with Crippen molar-refractivity contribution < 1.29 is 23.7 Å². The number of methoxy groups -OCH3 is 2. The summed E-state index contributed by atoms with van der Waals surface area (Å²) in [5, 5.41) is 0. The molecule has 5 nitrogen and oxygen atoms in total. The van der Waals surface area contributed by atoms with Crippen molar-refractivity contribution in [2.45, 2.75) is 52.1 Å². The molecule has 26 heavy (non-hydrogen) atoms. The smallest absolute Gasteiger partial charge is 0.303 e. The second-order valence-corrected chi connectivity index (χ2v) is 13.0. The summed E-state index contributed by atoms with van der Waals surface area (Å²) in [6.45, 7) is 10.6. The highest BCUT2D eigenvalue weighted by molar-refractivity contribution is 6.76. The molecular formula is C20H32O5Si. The van der Waals surface area contributed by atoms with Crippen LogP contribution in [0.25, 0.3) is 0 Å². The number of ether oxygens (including phenoxy) is 4. The van der Waals surface area contributed by atoms with E-state index < -0.39 is 8.07 Å². The molecule has 0 bridgehead atoms. The first-order valence-electron chi connectivity index (χ1n) is 8.84. The number of carbonyl (C=O) groups excluding carboxylic acids is 1. The maximum atomic E-state index is 11.4. The number of allylic oxidation sites excluding steroid dienone is 1. The summed E-state index contributed by atoms with van der Waals surface area (Å²) in [6.07, 6.45) is 4.53. The fourth-order valence-electron chi connectivity index (χ4n) is 2.39. The van der Waals surface area contributed by atoms with Crippen LogP contribution in [0.5, 0.6) is 17.2 Å². The molecule has 146 valence electrons. The molecule has 0 aliphatic rings. The summed E-state index contributed by atoms with van der Waals surface area (Å²) in [5.74, 6) is 1.60. The van der Waals surface area contributed by atoms with Crippen LogP contribution in [-0.2, 0) is 9.53 Å². The third kappa shape index (κ3) is 7.95. The Morgan fingerprint density at radius 3 is 2.27 bits per heavy atom. The van der Waals surface area contributed by atoms with Crippen LogP contribution in [-0.4, -0.2) is 41.0 Å². The summed E-state index contributed by atoms with van der Waals surface area (Å²) >= 11 is 0. The zero-order valence-electron chi connectivity index (χ0n) is 17.0. The molecule has 6 heteroatoms. The molecule has 0 radical (unpaired) electrons. The lowest BCUT2D eigenvalue weighted by atomic mass is 10.2. The van der Waals surface area contributed by atoms with Crippen LogP contribution in [0.15, 0.2) is 24.3 Å². The molecule has 1 rings (SSSR count). The van der Waals surface area contributed by atoms with Gasteiger partial charge in [0.15, 0.2) is 11.5 Å². The lowest BCUT2D eigenvalue weighted by molar-refractivity contribution is -0.147. The molecule has 0 aliphatic carbocycles. The van der Waals surface area contributed by atoms with E-state index in [1.54, 1.807) is 20.3 Å². The third-order valence-corrected chi connectivity index (χ3v) is 5.19. The average Bonchev–Trinajstić information content (AvgIpc) is 2.55. The van der Waals surface area contributed by atoms with Gasteiger partial charge in [-0.05, 0) is 24.6 Å². The Bertz CT molecular complexity index is 619. The molecule has 0 fully saturated rings. The van der Waals surface area contributed by atoms with E-state index in [9.17, 15) is 4.79 Å². The first-order valence-corrected chi connectivity index (χ1v) is 12.5. The van der Waals surface area contributed by atoms with Gasteiger partial charge in [0.05, 0.1) is 14.2 Å². The van der Waals surface area contributed by atoms with Crippen molar-refractivity contribution in [2.75, 3.05) is 20.8 Å². The highest BCUT2D eigenvalue weighted by atomic mass is 28.3. The molecule has 0 N–H and O–H groups in total. The highest BCUT2D eigenvalue weighted by Crippen LogP contribution is 2.34. The Morgan fingerprint density at radius 2 is 1.73 bits per heavy atom. The number of aryl methyl sites for hydroxylation is 1. The highest BCUT2D eigenvalue weighted by Gasteiger charge is 2.16. The summed E-state index contributed by atoms with van der Waals surface area (Å²) < 4.78 is 22.0. The summed E-state index contributed by atoms with van der Waals surface area (Å²) in [6, 6.07) is 4.76. The van der Waals surface area contributed by atoms with Gasteiger partial charge in [0, 0.05) is 27.5 Å². The number of carbonyl (C=O) groups is 1. The van der Waals surface area contributed by atoms with Crippen molar-refractivity contribution in [1.29, 1.82) is 0 Å². The fraction of sp³-hybridized carbons (Fsp3) is 0.550. The molecule has 1 unspecified atom stereocenters. The Hall–Kier alpha value is -1.95. The number of hydrogen-bond donors (Lipinski definition) is 0. The number of rotatable bonds is 10. The Kier molecular flexibility index (Phi) is 8.71. The molecule has 0 spiro atoms. The number of esters is 1. The van der Waals surface area contributed by atoms with E-state index >= 15 is 0 Å². The summed E-state index contributed by atoms with van der Waals surface area (Å²) in [7, 11) is 2.09. The normalized spacial score (nSPS) is 12.7. The molecular weight excluding hydrogens is 348 g/mol. The number of hydrogen-bond acceptors (Lipinski definition) is 5. The Balaban J connectivity index is 2.78. The van der Waals surface area contributed by atoms with Gasteiger partial charge in [0.2, 0.25) is 0 Å². The standard InChI is InChI=1S/C20H32O5Si/c1-15-12-19(23-4)20(13-18(15)22-3)24-14-17(25-16(2)21)10-8-9-11-26(5,6)7/h8-9,12-13,17H,10-11,14H2,1-7H3/b9-8+. The van der Waals surface area contributed by atoms with Crippen LogP contribution in [0.2, 0.25) is 25.7 Å². The minimum absolute atomic E-state index is 0.249. The van der Waals surface area contributed by atoms with Gasteiger partial charge in [-0.25, -0.2) is 0 Å². The zero-order valence-corrected chi connectivity index (χ0v) is 18.0. The fourth-order valence-corrected chi connectivity index (χ4v) is 3.26. The monoisotopic (exact) mass is 380 g/mol. The van der Waals surface area contributed by atoms with Crippen molar-refractivity contribution in [3.05, 3.63) is 29.8 Å². The van der Waals surface area contributed by atoms with Crippen LogP contribution in [0.4, 0.5) is 0 Å². The van der Waals surface area contributed by atoms with Crippen LogP contribution in [0.1, 0.15) is 18.9 Å². The molecule has 0 saturated carbocycles. The molecule has 0 amide bonds. The first-order chi connectivity index (χ1) is 12.2. The summed E-state index contributed by atoms with van der Waals surface area (Å²) in [4.78, 5) is 11.4. The third-order valence-electron chi connectivity index (χ3n) is 3.73. The lowest BCUT2D eigenvalue weighted by Crippen LogP contribution is -2.24. The zero-order chi connectivity index (χ0) is 19.7. The van der Waals surface area contributed by atoms with Gasteiger partial charge in [-0.3, -0.25) is 4.79 Å². The topological polar surface area (TPSA) is 54.0 Å². The van der Waals surface area contributed by atoms with E-state index in [4.69, 9.17) is 18.9 Å². The second kappa shape index (κ2) is 10.3. The Morgan fingerprint density at radius 1 is 1.08 bits per heavy atom. The van der Waals surface area contributed by atoms with Crippen molar-refractivity contribution in [3.63, 3.8) is 0 Å². The molecule has 0 heterocycles. The Labute approximate surface area is 158 Å². The van der Waals surface area contributed by atoms with Crippen molar-refractivity contribution >= 4 is 14.0 Å². The van der Waals surface area contributed by atoms with Gasteiger partial charge in [-0.1, -0.05) is 31.8 Å². The minimum Gasteiger partial charge on any atom is -0.496 e. The molecule has 1 aromatic carbocycles. The van der Waals surface area contributed by atoms with Gasteiger partial charge < -0.3 is 18.9 Å². The molecule has 0 saturated heterocycles. The van der Waals surface area contributed by atoms with Crippen LogP contribution >= 0.6 is 0 Å². The summed E-state index contributed by atoms with van der Waals surface area (Å²) in [5.41, 5.74) is 0.961. The van der Waals surface area contributed by atoms with Crippen molar-refractivity contribution in [3.8, 4) is 17.2 Å². The van der Waals surface area contributed by atoms with Crippen LogP contribution in [0, 0.1) is 6.92 Å². The van der Waals surface area contributed by atoms with Gasteiger partial charge in [-0.2, -0.15) is 0 Å². The van der Waals surface area contributed by atoms with Gasteiger partial charge in [0.25, 0.3) is 0 Å². The minimum atomic E-state index is -1.12. The average molecular weight is 381 g/mol. The lowest BCUT2D eigenvalue weighted by Gasteiger charge is -2.19. The maximum absolute atomic E-state index is 11.4. The van der Waals surface area contributed by atoms with E-state index in [0.29, 0.717) is 17.9 Å². The van der Waals surface area contributed by atoms with Crippen LogP contribution in [0.3, 0.4) is 0 Å². The van der Waals surface area contributed by atoms with Crippen molar-refractivity contribution in [2.24, 2.45) is 0 Å². The second-order valence-electron chi connectivity index (χ2n) is 7.49. The van der Waals surface area contributed by atoms with Gasteiger partial charge >= 0.3 is 5.97 Å². The van der Waals surface area contributed by atoms with Gasteiger partial charge in [0.1, 0.15) is 18.5 Å². The molecule has 1 aromatic rings. The first kappa shape index (κ1) is 22.1. The van der Waals surface area contributed by atoms with Gasteiger partial charge in [-0.15, -0.1) is 0 Å². The van der Waals surface area contributed by atoms with E-state index in [0.717, 1.165) is 17.4 Å². The van der Waals surface area contributed by atoms with Crippen molar-refractivity contribution in [1.82, 2.24) is 0 Å². The van der Waals surface area contributed by atoms with E-state index in [-0.39, 0.29) is 18.7 Å². The SMILES string of the molecule is COc1cc(OCC(C/C=C/C[Si](C)(C)C)OC(C)=O)c(OC)cc1C. The largest absolute Gasteiger partial charge is 0.496 e. The van der Waals surface area contributed by atoms with Crippen LogP contribution < -0.4 is 14.2 Å².